The van der Waals surface area contributed by atoms with E-state index in [1.54, 1.807) is 0 Å². The molecular formula is C15H16N2OS. The second-order valence-electron chi connectivity index (χ2n) is 4.13. The molecule has 0 atom stereocenters. The monoisotopic (exact) mass is 272 g/mol. The van der Waals surface area contributed by atoms with E-state index in [4.69, 9.17) is 10.00 Å². The summed E-state index contributed by atoms with van der Waals surface area (Å²) >= 11 is 1.41. The fourth-order valence-electron chi connectivity index (χ4n) is 1.76. The SMILES string of the molecule is CCc1ccc(OCc2nc(CC)c(C#N)s2)cc1. The van der Waals surface area contributed by atoms with Crippen LogP contribution in [0.4, 0.5) is 0 Å². The smallest absolute Gasteiger partial charge is 0.140 e. The van der Waals surface area contributed by atoms with Crippen LogP contribution in [0.25, 0.3) is 0 Å². The van der Waals surface area contributed by atoms with Crippen molar-refractivity contribution in [3.8, 4) is 11.8 Å². The van der Waals surface area contributed by atoms with Gasteiger partial charge < -0.3 is 4.74 Å². The van der Waals surface area contributed by atoms with Crippen molar-refractivity contribution in [1.29, 1.82) is 5.26 Å². The Hall–Kier alpha value is -1.86. The molecule has 98 valence electrons. The summed E-state index contributed by atoms with van der Waals surface area (Å²) < 4.78 is 5.69. The lowest BCUT2D eigenvalue weighted by molar-refractivity contribution is 0.305. The lowest BCUT2D eigenvalue weighted by Gasteiger charge is -2.04. The van der Waals surface area contributed by atoms with Gasteiger partial charge in [-0.15, -0.1) is 11.3 Å². The summed E-state index contributed by atoms with van der Waals surface area (Å²) in [5, 5.41) is 9.84. The predicted octanol–water partition coefficient (Wildman–Crippen LogP) is 3.72. The zero-order chi connectivity index (χ0) is 13.7. The molecule has 0 amide bonds. The molecule has 3 nitrogen and oxygen atoms in total. The zero-order valence-corrected chi connectivity index (χ0v) is 12.0. The molecule has 4 heteroatoms. The topological polar surface area (TPSA) is 45.9 Å². The van der Waals surface area contributed by atoms with Crippen LogP contribution in [-0.4, -0.2) is 4.98 Å². The first kappa shape index (κ1) is 13.6. The molecule has 0 saturated heterocycles. The molecule has 0 saturated carbocycles. The molecule has 1 aromatic heterocycles. The fourth-order valence-corrected chi connectivity index (χ4v) is 2.62. The van der Waals surface area contributed by atoms with E-state index in [9.17, 15) is 0 Å². The lowest BCUT2D eigenvalue weighted by atomic mass is 10.2. The van der Waals surface area contributed by atoms with E-state index in [2.05, 4.69) is 30.1 Å². The number of nitrogens with zero attached hydrogens (tertiary/aromatic N) is 2. The summed E-state index contributed by atoms with van der Waals surface area (Å²) in [5.41, 5.74) is 2.16. The van der Waals surface area contributed by atoms with Crippen LogP contribution in [0.1, 0.15) is 35.0 Å². The van der Waals surface area contributed by atoms with E-state index in [0.29, 0.717) is 11.5 Å². The molecule has 0 bridgehead atoms. The largest absolute Gasteiger partial charge is 0.486 e. The maximum absolute atomic E-state index is 8.99. The van der Waals surface area contributed by atoms with Crippen molar-refractivity contribution >= 4 is 11.3 Å². The Morgan fingerprint density at radius 3 is 2.47 bits per heavy atom. The Balaban J connectivity index is 2.01. The number of aromatic nitrogens is 1. The van der Waals surface area contributed by atoms with Crippen LogP contribution in [0.5, 0.6) is 5.75 Å². The molecule has 19 heavy (non-hydrogen) atoms. The standard InChI is InChI=1S/C15H16N2OS/c1-3-11-5-7-12(8-6-11)18-10-15-17-13(4-2)14(9-16)19-15/h5-8H,3-4,10H2,1-2H3. The average Bonchev–Trinajstić information content (AvgIpc) is 2.88. The number of hydrogen-bond donors (Lipinski definition) is 0. The molecule has 0 fully saturated rings. The Morgan fingerprint density at radius 1 is 1.21 bits per heavy atom. The van der Waals surface area contributed by atoms with E-state index in [0.717, 1.165) is 29.3 Å². The molecule has 0 unspecified atom stereocenters. The van der Waals surface area contributed by atoms with Crippen molar-refractivity contribution in [2.75, 3.05) is 0 Å². The van der Waals surface area contributed by atoms with Gasteiger partial charge in [0.2, 0.25) is 0 Å². The van der Waals surface area contributed by atoms with Crippen molar-refractivity contribution in [3.05, 3.63) is 45.4 Å². The van der Waals surface area contributed by atoms with Gasteiger partial charge in [-0.3, -0.25) is 0 Å². The minimum Gasteiger partial charge on any atom is -0.486 e. The number of rotatable bonds is 5. The number of ether oxygens (including phenoxy) is 1. The van der Waals surface area contributed by atoms with E-state index in [-0.39, 0.29) is 0 Å². The molecule has 0 N–H and O–H groups in total. The van der Waals surface area contributed by atoms with Crippen LogP contribution in [-0.2, 0) is 19.4 Å². The van der Waals surface area contributed by atoms with Gasteiger partial charge in [-0.05, 0) is 30.5 Å². The highest BCUT2D eigenvalue weighted by Crippen LogP contribution is 2.20. The van der Waals surface area contributed by atoms with Gasteiger partial charge in [0, 0.05) is 0 Å². The van der Waals surface area contributed by atoms with Crippen LogP contribution in [0.3, 0.4) is 0 Å². The second-order valence-corrected chi connectivity index (χ2v) is 5.22. The van der Waals surface area contributed by atoms with Crippen LogP contribution in [0, 0.1) is 11.3 Å². The molecule has 0 aliphatic heterocycles. The third kappa shape index (κ3) is 3.33. The van der Waals surface area contributed by atoms with Crippen molar-refractivity contribution in [1.82, 2.24) is 4.98 Å². The second kappa shape index (κ2) is 6.35. The van der Waals surface area contributed by atoms with Gasteiger partial charge in [-0.1, -0.05) is 26.0 Å². The minimum absolute atomic E-state index is 0.421. The van der Waals surface area contributed by atoms with E-state index in [1.807, 2.05) is 19.1 Å². The summed E-state index contributed by atoms with van der Waals surface area (Å²) in [7, 11) is 0. The maximum Gasteiger partial charge on any atom is 0.140 e. The summed E-state index contributed by atoms with van der Waals surface area (Å²) in [5.74, 6) is 0.837. The first-order chi connectivity index (χ1) is 9.26. The van der Waals surface area contributed by atoms with Crippen LogP contribution in [0.2, 0.25) is 0 Å². The number of benzene rings is 1. The lowest BCUT2D eigenvalue weighted by Crippen LogP contribution is -1.95. The summed E-state index contributed by atoms with van der Waals surface area (Å²) in [6, 6.07) is 10.3. The normalized spacial score (nSPS) is 10.2. The van der Waals surface area contributed by atoms with Gasteiger partial charge in [-0.25, -0.2) is 4.98 Å². The third-order valence-electron chi connectivity index (χ3n) is 2.87. The average molecular weight is 272 g/mol. The first-order valence-corrected chi connectivity index (χ1v) is 7.18. The molecule has 0 spiro atoms. The molecule has 0 aliphatic carbocycles. The highest BCUT2D eigenvalue weighted by molar-refractivity contribution is 7.12. The van der Waals surface area contributed by atoms with Gasteiger partial charge in [0.1, 0.15) is 28.3 Å². The van der Waals surface area contributed by atoms with Crippen LogP contribution < -0.4 is 4.74 Å². The highest BCUT2D eigenvalue weighted by atomic mass is 32.1. The molecular weight excluding hydrogens is 256 g/mol. The van der Waals surface area contributed by atoms with E-state index in [1.165, 1.54) is 16.9 Å². The maximum atomic E-state index is 8.99. The Morgan fingerprint density at radius 2 is 1.95 bits per heavy atom. The van der Waals surface area contributed by atoms with E-state index < -0.39 is 0 Å². The van der Waals surface area contributed by atoms with Gasteiger partial charge >= 0.3 is 0 Å². The van der Waals surface area contributed by atoms with Crippen LogP contribution >= 0.6 is 11.3 Å². The number of aryl methyl sites for hydroxylation is 2. The van der Waals surface area contributed by atoms with Crippen molar-refractivity contribution in [2.45, 2.75) is 33.3 Å². The highest BCUT2D eigenvalue weighted by Gasteiger charge is 2.09. The number of hydrogen-bond acceptors (Lipinski definition) is 4. The number of thiazole rings is 1. The summed E-state index contributed by atoms with van der Waals surface area (Å²) in [6.45, 7) is 4.55. The minimum atomic E-state index is 0.421. The van der Waals surface area contributed by atoms with Crippen LogP contribution in [0.15, 0.2) is 24.3 Å². The number of nitriles is 1. The zero-order valence-electron chi connectivity index (χ0n) is 11.1. The Labute approximate surface area is 117 Å². The van der Waals surface area contributed by atoms with Gasteiger partial charge in [0.15, 0.2) is 0 Å². The summed E-state index contributed by atoms with van der Waals surface area (Å²) in [4.78, 5) is 5.12. The van der Waals surface area contributed by atoms with Gasteiger partial charge in [0.05, 0.1) is 5.69 Å². The first-order valence-electron chi connectivity index (χ1n) is 6.37. The molecule has 1 aromatic carbocycles. The third-order valence-corrected chi connectivity index (χ3v) is 3.85. The summed E-state index contributed by atoms with van der Waals surface area (Å²) in [6.07, 6.45) is 1.81. The Kier molecular flexibility index (Phi) is 4.53. The molecule has 0 aliphatic rings. The molecule has 1 heterocycles. The molecule has 0 radical (unpaired) electrons. The Bertz CT molecular complexity index is 581. The fraction of sp³-hybridized carbons (Fsp3) is 0.333. The quantitative estimate of drug-likeness (QED) is 0.833. The predicted molar refractivity (Wildman–Crippen MR) is 76.4 cm³/mol. The van der Waals surface area contributed by atoms with Gasteiger partial charge in [0.25, 0.3) is 0 Å². The van der Waals surface area contributed by atoms with Gasteiger partial charge in [-0.2, -0.15) is 5.26 Å². The van der Waals surface area contributed by atoms with E-state index >= 15 is 0 Å². The van der Waals surface area contributed by atoms with Crippen molar-refractivity contribution in [2.24, 2.45) is 0 Å². The molecule has 2 rings (SSSR count). The van der Waals surface area contributed by atoms with Crippen molar-refractivity contribution in [3.63, 3.8) is 0 Å². The molecule has 2 aromatic rings. The van der Waals surface area contributed by atoms with Crippen molar-refractivity contribution < 1.29 is 4.74 Å².